The second-order valence-electron chi connectivity index (χ2n) is 5.32. The SMILES string of the molecule is C=C(C(=O)[Si](C)(C)C)C(O)C=Cc1ccccc1. The van der Waals surface area contributed by atoms with Crippen LogP contribution in [0.15, 0.2) is 48.6 Å². The van der Waals surface area contributed by atoms with E-state index < -0.39 is 14.2 Å². The zero-order chi connectivity index (χ0) is 13.8. The third kappa shape index (κ3) is 4.09. The van der Waals surface area contributed by atoms with Crippen molar-refractivity contribution in [1.82, 2.24) is 0 Å². The van der Waals surface area contributed by atoms with Crippen LogP contribution in [0.2, 0.25) is 19.6 Å². The highest BCUT2D eigenvalue weighted by Crippen LogP contribution is 2.14. The molecule has 0 saturated carbocycles. The zero-order valence-corrected chi connectivity index (χ0v) is 12.2. The van der Waals surface area contributed by atoms with E-state index in [1.165, 1.54) is 0 Å². The van der Waals surface area contributed by atoms with Crippen molar-refractivity contribution in [2.75, 3.05) is 0 Å². The molecule has 0 aliphatic heterocycles. The van der Waals surface area contributed by atoms with Gasteiger partial charge in [-0.15, -0.1) is 0 Å². The van der Waals surface area contributed by atoms with E-state index in [4.69, 9.17) is 0 Å². The lowest BCUT2D eigenvalue weighted by molar-refractivity contribution is -0.110. The van der Waals surface area contributed by atoms with Crippen molar-refractivity contribution in [3.8, 4) is 0 Å². The first-order valence-electron chi connectivity index (χ1n) is 5.97. The molecule has 0 bridgehead atoms. The summed E-state index contributed by atoms with van der Waals surface area (Å²) in [5, 5.41) is 9.95. The number of aliphatic hydroxyl groups excluding tert-OH is 1. The molecule has 2 nitrogen and oxygen atoms in total. The molecular weight excluding hydrogens is 240 g/mol. The summed E-state index contributed by atoms with van der Waals surface area (Å²) >= 11 is 0. The van der Waals surface area contributed by atoms with E-state index in [9.17, 15) is 9.90 Å². The van der Waals surface area contributed by atoms with E-state index in [1.807, 2.05) is 50.0 Å². The molecule has 0 aliphatic carbocycles. The van der Waals surface area contributed by atoms with Gasteiger partial charge in [-0.1, -0.05) is 68.7 Å². The third-order valence-corrected chi connectivity index (χ3v) is 4.28. The largest absolute Gasteiger partial charge is 0.384 e. The van der Waals surface area contributed by atoms with Gasteiger partial charge in [0.25, 0.3) is 0 Å². The fourth-order valence-electron chi connectivity index (χ4n) is 1.50. The molecule has 0 radical (unpaired) electrons. The van der Waals surface area contributed by atoms with Gasteiger partial charge in [0.15, 0.2) is 0 Å². The molecule has 3 heteroatoms. The summed E-state index contributed by atoms with van der Waals surface area (Å²) in [6, 6.07) is 9.66. The molecule has 0 spiro atoms. The van der Waals surface area contributed by atoms with Gasteiger partial charge in [-0.25, -0.2) is 0 Å². The van der Waals surface area contributed by atoms with Gasteiger partial charge >= 0.3 is 0 Å². The Kier molecular flexibility index (Phi) is 4.82. The molecule has 0 heterocycles. The number of rotatable bonds is 5. The van der Waals surface area contributed by atoms with Crippen molar-refractivity contribution in [3.05, 3.63) is 54.1 Å². The summed E-state index contributed by atoms with van der Waals surface area (Å²) < 4.78 is 0. The van der Waals surface area contributed by atoms with E-state index in [-0.39, 0.29) is 5.41 Å². The van der Waals surface area contributed by atoms with Crippen LogP contribution < -0.4 is 0 Å². The Morgan fingerprint density at radius 3 is 2.33 bits per heavy atom. The summed E-state index contributed by atoms with van der Waals surface area (Å²) in [5.74, 6) is 0. The first kappa shape index (κ1) is 14.6. The van der Waals surface area contributed by atoms with Gasteiger partial charge in [0.2, 0.25) is 0 Å². The Morgan fingerprint density at radius 1 is 1.28 bits per heavy atom. The normalized spacial score (nSPS) is 13.6. The number of benzene rings is 1. The summed E-state index contributed by atoms with van der Waals surface area (Å²) in [5.41, 5.74) is 1.28. The van der Waals surface area contributed by atoms with Gasteiger partial charge in [0, 0.05) is 5.57 Å². The maximum absolute atomic E-state index is 12.0. The first-order valence-corrected chi connectivity index (χ1v) is 9.47. The first-order chi connectivity index (χ1) is 8.32. The average molecular weight is 260 g/mol. The third-order valence-electron chi connectivity index (χ3n) is 2.60. The molecular formula is C15H20O2Si. The lowest BCUT2D eigenvalue weighted by Gasteiger charge is -2.18. The van der Waals surface area contributed by atoms with E-state index >= 15 is 0 Å². The molecule has 1 N–H and O–H groups in total. The van der Waals surface area contributed by atoms with E-state index in [0.717, 1.165) is 5.56 Å². The standard InChI is InChI=1S/C15H20O2Si/c1-12(15(17)18(2,3)4)14(16)11-10-13-8-6-5-7-9-13/h5-11,14,16H,1H2,2-4H3. The highest BCUT2D eigenvalue weighted by Gasteiger charge is 2.28. The fraction of sp³-hybridized carbons (Fsp3) is 0.267. The van der Waals surface area contributed by atoms with Crippen LogP contribution in [0, 0.1) is 0 Å². The Balaban J connectivity index is 2.72. The minimum Gasteiger partial charge on any atom is -0.384 e. The van der Waals surface area contributed by atoms with Crippen LogP contribution in [0.3, 0.4) is 0 Å². The smallest absolute Gasteiger partial charge is 0.138 e. The molecule has 18 heavy (non-hydrogen) atoms. The molecule has 1 aromatic rings. The van der Waals surface area contributed by atoms with Gasteiger partial charge in [0.1, 0.15) is 13.5 Å². The van der Waals surface area contributed by atoms with Gasteiger partial charge in [-0.05, 0) is 5.56 Å². The summed E-state index contributed by atoms with van der Waals surface area (Å²) in [6.07, 6.45) is 2.51. The molecule has 1 rings (SSSR count). The summed E-state index contributed by atoms with van der Waals surface area (Å²) in [7, 11) is -1.93. The Bertz CT molecular complexity index is 455. The van der Waals surface area contributed by atoms with Gasteiger partial charge in [-0.2, -0.15) is 0 Å². The second-order valence-corrected chi connectivity index (χ2v) is 10.3. The van der Waals surface area contributed by atoms with E-state index in [0.29, 0.717) is 5.57 Å². The predicted molar refractivity (Wildman–Crippen MR) is 79.0 cm³/mol. The molecule has 0 aliphatic rings. The average Bonchev–Trinajstić information content (AvgIpc) is 2.34. The quantitative estimate of drug-likeness (QED) is 0.652. The molecule has 0 aromatic heterocycles. The molecule has 1 atom stereocenters. The highest BCUT2D eigenvalue weighted by atomic mass is 28.3. The topological polar surface area (TPSA) is 37.3 Å². The molecule has 0 amide bonds. The van der Waals surface area contributed by atoms with Crippen molar-refractivity contribution >= 4 is 19.6 Å². The van der Waals surface area contributed by atoms with Crippen LogP contribution in [0.5, 0.6) is 0 Å². The van der Waals surface area contributed by atoms with Crippen molar-refractivity contribution in [1.29, 1.82) is 0 Å². The fourth-order valence-corrected chi connectivity index (χ4v) is 2.61. The minimum atomic E-state index is -1.93. The zero-order valence-electron chi connectivity index (χ0n) is 11.2. The van der Waals surface area contributed by atoms with Crippen LogP contribution in [0.1, 0.15) is 5.56 Å². The number of hydrogen-bond donors (Lipinski definition) is 1. The number of carbonyl (C=O) groups is 1. The molecule has 0 fully saturated rings. The summed E-state index contributed by atoms with van der Waals surface area (Å²) in [6.45, 7) is 9.57. The van der Waals surface area contributed by atoms with Crippen LogP contribution in [-0.4, -0.2) is 24.7 Å². The Morgan fingerprint density at radius 2 is 1.83 bits per heavy atom. The molecule has 0 saturated heterocycles. The van der Waals surface area contributed by atoms with Gasteiger partial charge < -0.3 is 9.90 Å². The van der Waals surface area contributed by atoms with Crippen LogP contribution in [0.25, 0.3) is 6.08 Å². The van der Waals surface area contributed by atoms with Crippen LogP contribution in [0.4, 0.5) is 0 Å². The second kappa shape index (κ2) is 5.93. The molecule has 96 valence electrons. The van der Waals surface area contributed by atoms with Gasteiger partial charge in [-0.3, -0.25) is 0 Å². The number of aliphatic hydroxyl groups is 1. The lowest BCUT2D eigenvalue weighted by atomic mass is 10.1. The monoisotopic (exact) mass is 260 g/mol. The Labute approximate surface area is 110 Å². The van der Waals surface area contributed by atoms with Crippen molar-refractivity contribution in [3.63, 3.8) is 0 Å². The number of hydrogen-bond acceptors (Lipinski definition) is 2. The van der Waals surface area contributed by atoms with Crippen LogP contribution >= 0.6 is 0 Å². The van der Waals surface area contributed by atoms with Crippen molar-refractivity contribution < 1.29 is 9.90 Å². The minimum absolute atomic E-state index is 0.0210. The van der Waals surface area contributed by atoms with E-state index in [2.05, 4.69) is 6.58 Å². The highest BCUT2D eigenvalue weighted by molar-refractivity contribution is 7.05. The predicted octanol–water partition coefficient (Wildman–Crippen LogP) is 3.06. The Hall–Kier alpha value is -1.45. The van der Waals surface area contributed by atoms with Crippen molar-refractivity contribution in [2.45, 2.75) is 25.7 Å². The maximum Gasteiger partial charge on any atom is 0.138 e. The molecule has 1 aromatic carbocycles. The summed E-state index contributed by atoms with van der Waals surface area (Å²) in [4.78, 5) is 12.0. The number of carbonyl (C=O) groups excluding carboxylic acids is 1. The van der Waals surface area contributed by atoms with Gasteiger partial charge in [0.05, 0.1) is 6.10 Å². The van der Waals surface area contributed by atoms with Crippen molar-refractivity contribution in [2.24, 2.45) is 0 Å². The lowest BCUT2D eigenvalue weighted by Crippen LogP contribution is -2.37. The van der Waals surface area contributed by atoms with Crippen LogP contribution in [-0.2, 0) is 4.79 Å². The van der Waals surface area contributed by atoms with E-state index in [1.54, 1.807) is 12.2 Å². The molecule has 1 unspecified atom stereocenters. The maximum atomic E-state index is 12.0.